The summed E-state index contributed by atoms with van der Waals surface area (Å²) >= 11 is 5.79. The molecule has 1 aliphatic rings. The van der Waals surface area contributed by atoms with Crippen molar-refractivity contribution in [3.8, 4) is 0 Å². The number of nitrogens with zero attached hydrogens (tertiary/aromatic N) is 1. The molecule has 8 nitrogen and oxygen atoms in total. The van der Waals surface area contributed by atoms with E-state index in [1.54, 1.807) is 0 Å². The maximum atomic E-state index is 12.8. The number of amides is 2. The van der Waals surface area contributed by atoms with Crippen molar-refractivity contribution >= 4 is 33.4 Å². The molecule has 0 radical (unpaired) electrons. The lowest BCUT2D eigenvalue weighted by Crippen LogP contribution is -2.52. The van der Waals surface area contributed by atoms with Crippen LogP contribution in [0.2, 0.25) is 5.02 Å². The maximum Gasteiger partial charge on any atom is 0.309 e. The molecule has 0 spiro atoms. The molecule has 1 fully saturated rings. The van der Waals surface area contributed by atoms with Crippen LogP contribution >= 0.6 is 11.6 Å². The molecule has 1 atom stereocenters. The zero-order valence-corrected chi connectivity index (χ0v) is 14.6. The Labute approximate surface area is 145 Å². The van der Waals surface area contributed by atoms with Crippen LogP contribution in [0.3, 0.4) is 0 Å². The number of sulfonamides is 1. The molecule has 2 rings (SSSR count). The van der Waals surface area contributed by atoms with Crippen molar-refractivity contribution in [1.82, 2.24) is 14.9 Å². The predicted octanol–water partition coefficient (Wildman–Crippen LogP) is -0.0607. The van der Waals surface area contributed by atoms with Gasteiger partial charge in [-0.05, 0) is 30.7 Å². The van der Waals surface area contributed by atoms with E-state index in [-0.39, 0.29) is 18.0 Å². The van der Waals surface area contributed by atoms with Gasteiger partial charge in [-0.25, -0.2) is 8.42 Å². The minimum Gasteiger partial charge on any atom is -0.360 e. The van der Waals surface area contributed by atoms with Gasteiger partial charge in [-0.1, -0.05) is 11.6 Å². The molecule has 2 amide bonds. The van der Waals surface area contributed by atoms with E-state index >= 15 is 0 Å². The van der Waals surface area contributed by atoms with Crippen LogP contribution in [0.5, 0.6) is 0 Å². The molecular weight excluding hydrogens is 358 g/mol. The first-order chi connectivity index (χ1) is 11.4. The third-order valence-corrected chi connectivity index (χ3v) is 5.60. The van der Waals surface area contributed by atoms with Crippen molar-refractivity contribution in [2.45, 2.75) is 17.5 Å². The highest BCUT2D eigenvalue weighted by Gasteiger charge is 2.34. The average Bonchev–Trinajstić information content (AvgIpc) is 2.59. The fourth-order valence-electron chi connectivity index (χ4n) is 2.22. The minimum atomic E-state index is -3.80. The van der Waals surface area contributed by atoms with E-state index < -0.39 is 28.1 Å². The molecule has 0 aliphatic carbocycles. The van der Waals surface area contributed by atoms with Crippen molar-refractivity contribution in [3.05, 3.63) is 29.3 Å². The van der Waals surface area contributed by atoms with Crippen LogP contribution in [0.1, 0.15) is 6.42 Å². The Morgan fingerprint density at radius 1 is 1.29 bits per heavy atom. The molecule has 132 valence electrons. The zero-order chi connectivity index (χ0) is 17.7. The Hall–Kier alpha value is -1.68. The van der Waals surface area contributed by atoms with E-state index in [0.717, 1.165) is 0 Å². The molecule has 1 heterocycles. The fraction of sp³-hybridized carbons (Fsp3) is 0.429. The number of halogens is 1. The number of nitrogens with one attached hydrogen (secondary N) is 2. The standard InChI is InChI=1S/C14H18ClN3O5S/c1-16-13(19)14(20)17-9-12-18(7-2-8-23-12)24(21,22)11-5-3-10(15)4-6-11/h3-6,12H,2,7-9H2,1H3,(H,16,19)(H,17,20)/t12-/m0/s1. The van der Waals surface area contributed by atoms with Crippen LogP contribution in [-0.2, 0) is 24.3 Å². The van der Waals surface area contributed by atoms with Crippen molar-refractivity contribution in [2.24, 2.45) is 0 Å². The topological polar surface area (TPSA) is 105 Å². The van der Waals surface area contributed by atoms with Gasteiger partial charge in [-0.2, -0.15) is 4.31 Å². The molecular formula is C14H18ClN3O5S. The highest BCUT2D eigenvalue weighted by molar-refractivity contribution is 7.89. The lowest BCUT2D eigenvalue weighted by Gasteiger charge is -2.34. The summed E-state index contributed by atoms with van der Waals surface area (Å²) in [5, 5.41) is 4.98. The number of carbonyl (C=O) groups excluding carboxylic acids is 2. The second kappa shape index (κ2) is 7.93. The molecule has 1 aromatic rings. The van der Waals surface area contributed by atoms with Gasteiger partial charge >= 0.3 is 11.8 Å². The third kappa shape index (κ3) is 4.23. The summed E-state index contributed by atoms with van der Waals surface area (Å²) in [5.74, 6) is -1.66. The van der Waals surface area contributed by atoms with Crippen LogP contribution in [0, 0.1) is 0 Å². The van der Waals surface area contributed by atoms with Gasteiger partial charge in [-0.15, -0.1) is 0 Å². The SMILES string of the molecule is CNC(=O)C(=O)NC[C@@H]1OCCCN1S(=O)(=O)c1ccc(Cl)cc1. The van der Waals surface area contributed by atoms with E-state index in [9.17, 15) is 18.0 Å². The first-order valence-corrected chi connectivity index (χ1v) is 9.07. The smallest absolute Gasteiger partial charge is 0.309 e. The summed E-state index contributed by atoms with van der Waals surface area (Å²) in [6.45, 7) is 0.498. The molecule has 2 N–H and O–H groups in total. The molecule has 0 saturated carbocycles. The Kier molecular flexibility index (Phi) is 6.16. The van der Waals surface area contributed by atoms with Crippen LogP contribution in [0.25, 0.3) is 0 Å². The molecule has 10 heteroatoms. The average molecular weight is 376 g/mol. The highest BCUT2D eigenvalue weighted by Crippen LogP contribution is 2.23. The van der Waals surface area contributed by atoms with Crippen LogP contribution in [0.4, 0.5) is 0 Å². The number of benzene rings is 1. The first kappa shape index (κ1) is 18.7. The largest absolute Gasteiger partial charge is 0.360 e. The monoisotopic (exact) mass is 375 g/mol. The van der Waals surface area contributed by atoms with Crippen molar-refractivity contribution < 1.29 is 22.7 Å². The summed E-state index contributed by atoms with van der Waals surface area (Å²) in [6.07, 6.45) is -0.347. The van der Waals surface area contributed by atoms with Crippen molar-refractivity contribution in [2.75, 3.05) is 26.7 Å². The third-order valence-electron chi connectivity index (χ3n) is 3.45. The number of carbonyl (C=O) groups is 2. The molecule has 1 saturated heterocycles. The normalized spacial score (nSPS) is 18.8. The fourth-order valence-corrected chi connectivity index (χ4v) is 3.91. The van der Waals surface area contributed by atoms with Gasteiger partial charge in [0.2, 0.25) is 10.0 Å². The number of likely N-dealkylation sites (N-methyl/N-ethyl adjacent to an activating group) is 1. The van der Waals surface area contributed by atoms with Gasteiger partial charge in [0.1, 0.15) is 6.23 Å². The van der Waals surface area contributed by atoms with Gasteiger partial charge in [-0.3, -0.25) is 9.59 Å². The molecule has 0 bridgehead atoms. The number of ether oxygens (including phenoxy) is 1. The summed E-state index contributed by atoms with van der Waals surface area (Å²) in [5.41, 5.74) is 0. The van der Waals surface area contributed by atoms with Gasteiger partial charge in [0.05, 0.1) is 18.0 Å². The lowest BCUT2D eigenvalue weighted by atomic mass is 10.3. The quantitative estimate of drug-likeness (QED) is 0.717. The summed E-state index contributed by atoms with van der Waals surface area (Å²) in [4.78, 5) is 22.8. The lowest BCUT2D eigenvalue weighted by molar-refractivity contribution is -0.139. The Balaban J connectivity index is 2.14. The van der Waals surface area contributed by atoms with E-state index in [1.807, 2.05) is 0 Å². The molecule has 1 aromatic carbocycles. The number of rotatable bonds is 4. The minimum absolute atomic E-state index is 0.0834. The Morgan fingerprint density at radius 2 is 1.96 bits per heavy atom. The van der Waals surface area contributed by atoms with E-state index in [0.29, 0.717) is 18.1 Å². The summed E-state index contributed by atoms with van der Waals surface area (Å²) < 4.78 is 32.1. The van der Waals surface area contributed by atoms with Crippen LogP contribution in [0.15, 0.2) is 29.2 Å². The second-order valence-electron chi connectivity index (χ2n) is 5.04. The van der Waals surface area contributed by atoms with E-state index in [2.05, 4.69) is 10.6 Å². The Morgan fingerprint density at radius 3 is 2.58 bits per heavy atom. The highest BCUT2D eigenvalue weighted by atomic mass is 35.5. The van der Waals surface area contributed by atoms with E-state index in [4.69, 9.17) is 16.3 Å². The van der Waals surface area contributed by atoms with Gasteiger partial charge in [0, 0.05) is 18.6 Å². The van der Waals surface area contributed by atoms with Gasteiger partial charge in [0.15, 0.2) is 0 Å². The predicted molar refractivity (Wildman–Crippen MR) is 86.8 cm³/mol. The summed E-state index contributed by atoms with van der Waals surface area (Å²) in [7, 11) is -2.47. The molecule has 1 aliphatic heterocycles. The van der Waals surface area contributed by atoms with Crippen molar-refractivity contribution in [3.63, 3.8) is 0 Å². The second-order valence-corrected chi connectivity index (χ2v) is 7.36. The van der Waals surface area contributed by atoms with Crippen molar-refractivity contribution in [1.29, 1.82) is 0 Å². The molecule has 0 aromatic heterocycles. The maximum absolute atomic E-state index is 12.8. The van der Waals surface area contributed by atoms with Gasteiger partial charge < -0.3 is 15.4 Å². The summed E-state index contributed by atoms with van der Waals surface area (Å²) in [6, 6.07) is 5.79. The molecule has 24 heavy (non-hydrogen) atoms. The van der Waals surface area contributed by atoms with Crippen LogP contribution < -0.4 is 10.6 Å². The Bertz CT molecular complexity index is 708. The molecule has 0 unspecified atom stereocenters. The number of hydrogen-bond acceptors (Lipinski definition) is 5. The van der Waals surface area contributed by atoms with Crippen LogP contribution in [-0.4, -0.2) is 57.5 Å². The zero-order valence-electron chi connectivity index (χ0n) is 13.0. The first-order valence-electron chi connectivity index (χ1n) is 7.25. The number of hydrogen-bond donors (Lipinski definition) is 2. The van der Waals surface area contributed by atoms with Gasteiger partial charge in [0.25, 0.3) is 0 Å². The van der Waals surface area contributed by atoms with E-state index in [1.165, 1.54) is 35.6 Å².